The van der Waals surface area contributed by atoms with Crippen molar-refractivity contribution in [1.82, 2.24) is 15.3 Å². The first-order valence-corrected chi connectivity index (χ1v) is 8.37. The van der Waals surface area contributed by atoms with E-state index in [0.717, 1.165) is 0 Å². The molecule has 0 fully saturated rings. The monoisotopic (exact) mass is 381 g/mol. The fourth-order valence-electron chi connectivity index (χ4n) is 2.38. The van der Waals surface area contributed by atoms with E-state index in [1.54, 1.807) is 48.5 Å². The fourth-order valence-corrected chi connectivity index (χ4v) is 2.51. The highest BCUT2D eigenvalue weighted by atomic mass is 35.5. The van der Waals surface area contributed by atoms with Crippen LogP contribution in [0.15, 0.2) is 54.7 Å². The Morgan fingerprint density at radius 1 is 1.07 bits per heavy atom. The summed E-state index contributed by atoms with van der Waals surface area (Å²) in [5.41, 5.74) is 7.97. The molecule has 27 heavy (non-hydrogen) atoms. The van der Waals surface area contributed by atoms with Crippen LogP contribution in [0.4, 0.5) is 11.5 Å². The third-order valence-corrected chi connectivity index (χ3v) is 4.02. The van der Waals surface area contributed by atoms with Gasteiger partial charge >= 0.3 is 0 Å². The Morgan fingerprint density at radius 2 is 1.81 bits per heavy atom. The van der Waals surface area contributed by atoms with E-state index >= 15 is 0 Å². The van der Waals surface area contributed by atoms with Crippen molar-refractivity contribution in [3.63, 3.8) is 0 Å². The third kappa shape index (κ3) is 4.21. The van der Waals surface area contributed by atoms with Gasteiger partial charge in [-0.05, 0) is 36.4 Å². The van der Waals surface area contributed by atoms with Crippen molar-refractivity contribution in [3.05, 3.63) is 71.0 Å². The minimum Gasteiger partial charge on any atom is -0.382 e. The number of hydrogen-bond acceptors (Lipinski definition) is 5. The van der Waals surface area contributed by atoms with E-state index in [9.17, 15) is 9.59 Å². The maximum atomic E-state index is 12.3. The number of nitrogens with zero attached hydrogens (tertiary/aromatic N) is 2. The zero-order valence-corrected chi connectivity index (χ0v) is 15.1. The highest BCUT2D eigenvalue weighted by Crippen LogP contribution is 2.22. The molecule has 3 aromatic rings. The van der Waals surface area contributed by atoms with E-state index < -0.39 is 5.91 Å². The lowest BCUT2D eigenvalue weighted by Crippen LogP contribution is -2.21. The maximum absolute atomic E-state index is 12.3. The zero-order chi connectivity index (χ0) is 19.4. The number of carbonyl (C=O) groups excluding carboxylic acids is 2. The van der Waals surface area contributed by atoms with E-state index in [0.29, 0.717) is 27.5 Å². The van der Waals surface area contributed by atoms with Crippen molar-refractivity contribution in [2.45, 2.75) is 0 Å². The van der Waals surface area contributed by atoms with Crippen LogP contribution < -0.4 is 16.4 Å². The lowest BCUT2D eigenvalue weighted by Gasteiger charge is -2.09. The molecule has 3 rings (SSSR count). The second kappa shape index (κ2) is 7.84. The summed E-state index contributed by atoms with van der Waals surface area (Å²) < 4.78 is 0. The van der Waals surface area contributed by atoms with Crippen molar-refractivity contribution in [1.29, 1.82) is 0 Å². The van der Waals surface area contributed by atoms with Gasteiger partial charge in [-0.25, -0.2) is 9.97 Å². The molecule has 0 aliphatic rings. The smallest absolute Gasteiger partial charge is 0.273 e. The molecule has 0 bridgehead atoms. The summed E-state index contributed by atoms with van der Waals surface area (Å²) in [6, 6.07) is 13.6. The average molecular weight is 382 g/mol. The quantitative estimate of drug-likeness (QED) is 0.643. The van der Waals surface area contributed by atoms with Crippen molar-refractivity contribution in [2.75, 3.05) is 18.1 Å². The number of rotatable bonds is 4. The summed E-state index contributed by atoms with van der Waals surface area (Å²) in [5, 5.41) is 5.84. The molecule has 4 N–H and O–H groups in total. The lowest BCUT2D eigenvalue weighted by atomic mass is 10.1. The predicted molar refractivity (Wildman–Crippen MR) is 105 cm³/mol. The average Bonchev–Trinajstić information content (AvgIpc) is 2.68. The SMILES string of the molecule is CNC(=O)c1nc(-c2cccc(NC(=O)c3ccc(Cl)cc3)c2)cnc1N. The molecule has 2 aromatic carbocycles. The Balaban J connectivity index is 1.86. The van der Waals surface area contributed by atoms with Gasteiger partial charge in [0.1, 0.15) is 0 Å². The predicted octanol–water partition coefficient (Wildman–Crippen LogP) is 2.99. The zero-order valence-electron chi connectivity index (χ0n) is 14.4. The van der Waals surface area contributed by atoms with E-state index in [1.807, 2.05) is 0 Å². The summed E-state index contributed by atoms with van der Waals surface area (Å²) in [6.45, 7) is 0. The molecule has 136 valence electrons. The number of amides is 2. The number of aromatic nitrogens is 2. The Labute approximate surface area is 160 Å². The number of hydrogen-bond donors (Lipinski definition) is 3. The molecule has 1 heterocycles. The van der Waals surface area contributed by atoms with Crippen LogP contribution in [0.3, 0.4) is 0 Å². The van der Waals surface area contributed by atoms with Crippen LogP contribution in [0.2, 0.25) is 5.02 Å². The molecule has 0 spiro atoms. The lowest BCUT2D eigenvalue weighted by molar-refractivity contribution is 0.0958. The van der Waals surface area contributed by atoms with Crippen molar-refractivity contribution in [2.24, 2.45) is 0 Å². The Bertz CT molecular complexity index is 1010. The minimum atomic E-state index is -0.422. The second-order valence-electron chi connectivity index (χ2n) is 5.61. The van der Waals surface area contributed by atoms with Gasteiger partial charge in [0.05, 0.1) is 11.9 Å². The van der Waals surface area contributed by atoms with Gasteiger partial charge in [-0.1, -0.05) is 23.7 Å². The maximum Gasteiger partial charge on any atom is 0.273 e. The van der Waals surface area contributed by atoms with Gasteiger partial charge in [0.2, 0.25) is 0 Å². The van der Waals surface area contributed by atoms with Crippen LogP contribution in [0.1, 0.15) is 20.8 Å². The summed E-state index contributed by atoms with van der Waals surface area (Å²) in [4.78, 5) is 32.5. The third-order valence-electron chi connectivity index (χ3n) is 3.77. The number of nitrogens with two attached hydrogens (primary N) is 1. The summed E-state index contributed by atoms with van der Waals surface area (Å²) >= 11 is 5.84. The number of nitrogen functional groups attached to an aromatic ring is 1. The number of benzene rings is 2. The topological polar surface area (TPSA) is 110 Å². The van der Waals surface area contributed by atoms with Gasteiger partial charge in [-0.2, -0.15) is 0 Å². The molecular formula is C19H16ClN5O2. The van der Waals surface area contributed by atoms with Gasteiger partial charge in [0.15, 0.2) is 11.5 Å². The van der Waals surface area contributed by atoms with E-state index in [4.69, 9.17) is 17.3 Å². The normalized spacial score (nSPS) is 10.3. The van der Waals surface area contributed by atoms with Crippen LogP contribution in [-0.2, 0) is 0 Å². The highest BCUT2D eigenvalue weighted by molar-refractivity contribution is 6.30. The van der Waals surface area contributed by atoms with Gasteiger partial charge < -0.3 is 16.4 Å². The summed E-state index contributed by atoms with van der Waals surface area (Å²) in [5.74, 6) is -0.641. The number of nitrogens with one attached hydrogen (secondary N) is 2. The standard InChI is InChI=1S/C19H16ClN5O2/c1-22-19(27)16-17(21)23-10-15(25-16)12-3-2-4-14(9-12)24-18(26)11-5-7-13(20)8-6-11/h2-10H,1H3,(H2,21,23)(H,22,27)(H,24,26). The first-order chi connectivity index (χ1) is 13.0. The van der Waals surface area contributed by atoms with Crippen LogP contribution in [-0.4, -0.2) is 28.8 Å². The molecule has 2 amide bonds. The van der Waals surface area contributed by atoms with Gasteiger partial charge in [-0.3, -0.25) is 9.59 Å². The minimum absolute atomic E-state index is 0.0466. The van der Waals surface area contributed by atoms with Crippen LogP contribution >= 0.6 is 11.6 Å². The van der Waals surface area contributed by atoms with E-state index in [1.165, 1.54) is 13.2 Å². The summed E-state index contributed by atoms with van der Waals surface area (Å²) in [7, 11) is 1.49. The van der Waals surface area contributed by atoms with E-state index in [-0.39, 0.29) is 17.4 Å². The molecule has 0 saturated heterocycles. The first kappa shape index (κ1) is 18.3. The Kier molecular flexibility index (Phi) is 5.33. The second-order valence-corrected chi connectivity index (χ2v) is 6.05. The van der Waals surface area contributed by atoms with Crippen molar-refractivity contribution in [3.8, 4) is 11.3 Å². The van der Waals surface area contributed by atoms with Crippen LogP contribution in [0.25, 0.3) is 11.3 Å². The van der Waals surface area contributed by atoms with E-state index in [2.05, 4.69) is 20.6 Å². The van der Waals surface area contributed by atoms with Gasteiger partial charge in [0, 0.05) is 28.9 Å². The molecule has 0 unspecified atom stereocenters. The first-order valence-electron chi connectivity index (χ1n) is 8.00. The van der Waals surface area contributed by atoms with Gasteiger partial charge in [-0.15, -0.1) is 0 Å². The number of carbonyl (C=O) groups is 2. The molecule has 7 nitrogen and oxygen atoms in total. The van der Waals surface area contributed by atoms with Crippen LogP contribution in [0, 0.1) is 0 Å². The molecule has 0 aliphatic carbocycles. The Morgan fingerprint density at radius 3 is 2.52 bits per heavy atom. The molecule has 0 radical (unpaired) electrons. The molecule has 0 atom stereocenters. The molecule has 0 saturated carbocycles. The molecular weight excluding hydrogens is 366 g/mol. The fraction of sp³-hybridized carbons (Fsp3) is 0.0526. The van der Waals surface area contributed by atoms with Gasteiger partial charge in [0.25, 0.3) is 11.8 Å². The largest absolute Gasteiger partial charge is 0.382 e. The Hall–Kier alpha value is -3.45. The summed E-state index contributed by atoms with van der Waals surface area (Å²) in [6.07, 6.45) is 1.47. The van der Waals surface area contributed by atoms with Crippen molar-refractivity contribution >= 4 is 34.9 Å². The van der Waals surface area contributed by atoms with Crippen molar-refractivity contribution < 1.29 is 9.59 Å². The molecule has 1 aromatic heterocycles. The molecule has 8 heteroatoms. The van der Waals surface area contributed by atoms with Crippen LogP contribution in [0.5, 0.6) is 0 Å². The number of halogens is 1. The molecule has 0 aliphatic heterocycles. The number of anilines is 2. The highest BCUT2D eigenvalue weighted by Gasteiger charge is 2.14.